The molecule has 8 heteroatoms. The molecule has 0 aromatic rings. The second-order valence-corrected chi connectivity index (χ2v) is 7.18. The Morgan fingerprint density at radius 2 is 1.36 bits per heavy atom. The van der Waals surface area contributed by atoms with Crippen LogP contribution in [0.25, 0.3) is 0 Å². The number of hydrogen-bond acceptors (Lipinski definition) is 4. The zero-order chi connectivity index (χ0) is 21.5. The lowest BCUT2D eigenvalue weighted by atomic mass is 10.1. The number of hydrogen-bond donors (Lipinski definition) is 5. The smallest absolute Gasteiger partial charge is 0.320 e. The standard InChI is InChI=1S/C20H42N4O2.ClHO/c1-2-3-4-5-6-7-8-9-10-11-12-13-16-23-18(19(25)26)15-14-17-24-20(21)22;1-2/h18,23H,2-17H2,1H3,(H,25,26)(H4,21,22,24);2H/t18-;/m0./s1. The Morgan fingerprint density at radius 3 is 1.79 bits per heavy atom. The van der Waals surface area contributed by atoms with E-state index in [-0.39, 0.29) is 5.96 Å². The van der Waals surface area contributed by atoms with Crippen molar-refractivity contribution in [3.63, 3.8) is 0 Å². The SMILES string of the molecule is CCCCCCCCCCCCCCN[C@@H](CCCN=C(N)N)C(=O)O.OCl. The van der Waals surface area contributed by atoms with Gasteiger partial charge in [0.25, 0.3) is 0 Å². The third-order valence-corrected chi connectivity index (χ3v) is 4.66. The first-order chi connectivity index (χ1) is 13.6. The molecule has 0 saturated heterocycles. The molecule has 0 aliphatic carbocycles. The first-order valence-electron chi connectivity index (χ1n) is 10.8. The summed E-state index contributed by atoms with van der Waals surface area (Å²) in [6.07, 6.45) is 16.9. The molecular weight excluding hydrogens is 380 g/mol. The molecule has 0 aromatic heterocycles. The Morgan fingerprint density at radius 1 is 0.893 bits per heavy atom. The number of halogens is 1. The Labute approximate surface area is 176 Å². The predicted molar refractivity (Wildman–Crippen MR) is 118 cm³/mol. The molecule has 7 nitrogen and oxygen atoms in total. The molecule has 0 aromatic carbocycles. The molecule has 7 N–H and O–H groups in total. The van der Waals surface area contributed by atoms with Crippen LogP contribution in [0, 0.1) is 0 Å². The summed E-state index contributed by atoms with van der Waals surface area (Å²) >= 11 is 3.64. The van der Waals surface area contributed by atoms with Crippen LogP contribution in [0.1, 0.15) is 96.8 Å². The molecule has 0 fully saturated rings. The van der Waals surface area contributed by atoms with Crippen LogP contribution in [0.3, 0.4) is 0 Å². The van der Waals surface area contributed by atoms with Gasteiger partial charge in [-0.1, -0.05) is 77.6 Å². The van der Waals surface area contributed by atoms with Crippen molar-refractivity contribution < 1.29 is 14.6 Å². The number of nitrogens with zero attached hydrogens (tertiary/aromatic N) is 1. The number of carbonyl (C=O) groups is 1. The largest absolute Gasteiger partial charge is 0.480 e. The molecule has 0 aliphatic rings. The van der Waals surface area contributed by atoms with E-state index in [0.717, 1.165) is 13.0 Å². The summed E-state index contributed by atoms with van der Waals surface area (Å²) in [5.74, 6) is -0.741. The van der Waals surface area contributed by atoms with Crippen LogP contribution in [0.4, 0.5) is 0 Å². The Balaban J connectivity index is 0. The molecular formula is C20H43ClN4O3. The normalized spacial score (nSPS) is 11.4. The Bertz CT molecular complexity index is 367. The van der Waals surface area contributed by atoms with Gasteiger partial charge in [0.05, 0.1) is 11.9 Å². The molecule has 0 heterocycles. The Kier molecular flexibility index (Phi) is 25.0. The van der Waals surface area contributed by atoms with Gasteiger partial charge in [0.15, 0.2) is 5.96 Å². The van der Waals surface area contributed by atoms with Crippen molar-refractivity contribution in [1.82, 2.24) is 5.32 Å². The van der Waals surface area contributed by atoms with Gasteiger partial charge in [-0.2, -0.15) is 0 Å². The maximum Gasteiger partial charge on any atom is 0.320 e. The van der Waals surface area contributed by atoms with Gasteiger partial charge in [0.1, 0.15) is 6.04 Å². The maximum atomic E-state index is 11.2. The molecule has 0 radical (unpaired) electrons. The van der Waals surface area contributed by atoms with E-state index in [0.29, 0.717) is 19.4 Å². The van der Waals surface area contributed by atoms with Gasteiger partial charge in [0, 0.05) is 6.54 Å². The lowest BCUT2D eigenvalue weighted by Crippen LogP contribution is -2.37. The van der Waals surface area contributed by atoms with Gasteiger partial charge in [-0.05, 0) is 25.8 Å². The van der Waals surface area contributed by atoms with Crippen LogP contribution >= 0.6 is 11.9 Å². The van der Waals surface area contributed by atoms with Crippen molar-refractivity contribution in [1.29, 1.82) is 0 Å². The number of aliphatic imine (C=N–C) groups is 1. The predicted octanol–water partition coefficient (Wildman–Crippen LogP) is 3.92. The second kappa shape index (κ2) is 24.0. The molecule has 0 rings (SSSR count). The molecule has 1 atom stereocenters. The number of carboxylic acid groups (broad SMARTS) is 1. The lowest BCUT2D eigenvalue weighted by molar-refractivity contribution is -0.139. The topological polar surface area (TPSA) is 134 Å². The number of nitrogens with one attached hydrogen (secondary N) is 1. The summed E-state index contributed by atoms with van der Waals surface area (Å²) < 4.78 is 6.47. The molecule has 0 amide bonds. The van der Waals surface area contributed by atoms with E-state index in [1.165, 1.54) is 70.6 Å². The highest BCUT2D eigenvalue weighted by Gasteiger charge is 2.15. The van der Waals surface area contributed by atoms with Crippen molar-refractivity contribution in [3.05, 3.63) is 0 Å². The number of aliphatic carboxylic acids is 1. The first-order valence-corrected chi connectivity index (χ1v) is 11.1. The fourth-order valence-electron chi connectivity index (χ4n) is 3.06. The van der Waals surface area contributed by atoms with Gasteiger partial charge >= 0.3 is 5.97 Å². The van der Waals surface area contributed by atoms with Crippen LogP contribution < -0.4 is 16.8 Å². The van der Waals surface area contributed by atoms with E-state index in [1.807, 2.05) is 0 Å². The zero-order valence-electron chi connectivity index (χ0n) is 17.7. The number of unbranched alkanes of at least 4 members (excludes halogenated alkanes) is 11. The van der Waals surface area contributed by atoms with Crippen LogP contribution in [0.15, 0.2) is 4.99 Å². The quantitative estimate of drug-likeness (QED) is 0.122. The number of carboxylic acids is 1. The highest BCUT2D eigenvalue weighted by molar-refractivity contribution is 6.04. The highest BCUT2D eigenvalue weighted by atomic mass is 35.5. The molecule has 0 aliphatic heterocycles. The van der Waals surface area contributed by atoms with Crippen molar-refractivity contribution in [2.75, 3.05) is 13.1 Å². The third-order valence-electron chi connectivity index (χ3n) is 4.66. The van der Waals surface area contributed by atoms with Gasteiger partial charge in [0.2, 0.25) is 0 Å². The van der Waals surface area contributed by atoms with E-state index in [9.17, 15) is 9.90 Å². The summed E-state index contributed by atoms with van der Waals surface area (Å²) in [6.45, 7) is 3.50. The summed E-state index contributed by atoms with van der Waals surface area (Å²) in [7, 11) is 0. The number of guanidine groups is 1. The molecule has 0 bridgehead atoms. The van der Waals surface area contributed by atoms with Gasteiger partial charge in [-0.25, -0.2) is 0 Å². The van der Waals surface area contributed by atoms with Gasteiger partial charge < -0.3 is 21.9 Å². The van der Waals surface area contributed by atoms with Crippen LogP contribution in [0.5, 0.6) is 0 Å². The molecule has 0 unspecified atom stereocenters. The van der Waals surface area contributed by atoms with Gasteiger partial charge in [-0.3, -0.25) is 14.4 Å². The summed E-state index contributed by atoms with van der Waals surface area (Å²) in [4.78, 5) is 15.1. The van der Waals surface area contributed by atoms with Crippen LogP contribution in [0.2, 0.25) is 0 Å². The summed E-state index contributed by atoms with van der Waals surface area (Å²) in [5, 5.41) is 12.4. The van der Waals surface area contributed by atoms with Crippen LogP contribution in [-0.4, -0.2) is 40.8 Å². The fourth-order valence-corrected chi connectivity index (χ4v) is 3.06. The average Bonchev–Trinajstić information content (AvgIpc) is 2.68. The van der Waals surface area contributed by atoms with E-state index in [2.05, 4.69) is 29.1 Å². The number of rotatable bonds is 19. The summed E-state index contributed by atoms with van der Waals surface area (Å²) in [5.41, 5.74) is 10.5. The zero-order valence-corrected chi connectivity index (χ0v) is 18.4. The minimum absolute atomic E-state index is 0.0568. The fraction of sp³-hybridized carbons (Fsp3) is 0.900. The van der Waals surface area contributed by atoms with E-state index in [4.69, 9.17) is 16.1 Å². The third kappa shape index (κ3) is 23.0. The Hall–Kier alpha value is -1.05. The first kappa shape index (κ1) is 29.2. The highest BCUT2D eigenvalue weighted by Crippen LogP contribution is 2.11. The molecule has 0 spiro atoms. The van der Waals surface area contributed by atoms with Crippen molar-refractivity contribution >= 4 is 23.8 Å². The molecule has 168 valence electrons. The minimum Gasteiger partial charge on any atom is -0.480 e. The average molecular weight is 423 g/mol. The second-order valence-electron chi connectivity index (χ2n) is 7.18. The molecule has 0 saturated carbocycles. The van der Waals surface area contributed by atoms with Crippen molar-refractivity contribution in [2.24, 2.45) is 16.5 Å². The van der Waals surface area contributed by atoms with Crippen LogP contribution in [-0.2, 0) is 4.79 Å². The van der Waals surface area contributed by atoms with Crippen molar-refractivity contribution in [3.8, 4) is 0 Å². The van der Waals surface area contributed by atoms with E-state index < -0.39 is 12.0 Å². The van der Waals surface area contributed by atoms with E-state index >= 15 is 0 Å². The van der Waals surface area contributed by atoms with Crippen molar-refractivity contribution in [2.45, 2.75) is 103 Å². The number of nitrogens with two attached hydrogens (primary N) is 2. The van der Waals surface area contributed by atoms with E-state index in [1.54, 1.807) is 0 Å². The summed E-state index contributed by atoms with van der Waals surface area (Å²) in [6, 6.07) is -0.503. The maximum absolute atomic E-state index is 11.2. The van der Waals surface area contributed by atoms with Gasteiger partial charge in [-0.15, -0.1) is 0 Å². The molecule has 28 heavy (non-hydrogen) atoms. The monoisotopic (exact) mass is 422 g/mol. The lowest BCUT2D eigenvalue weighted by Gasteiger charge is -2.13. The minimum atomic E-state index is -0.798.